The van der Waals surface area contributed by atoms with Gasteiger partial charge in [0.05, 0.1) is 9.50 Å². The van der Waals surface area contributed by atoms with Crippen LogP contribution in [0, 0.1) is 0 Å². The predicted molar refractivity (Wildman–Crippen MR) is 122 cm³/mol. The zero-order chi connectivity index (χ0) is 22.3. The SMILES string of the molecule is CN1C(=O)C(=Cc2cc(Cl)c(OCc3ccc4c(c3)OCO4)c(Br)c2)C(=O)N(C)C1=S. The summed E-state index contributed by atoms with van der Waals surface area (Å²) in [6.07, 6.45) is 1.48. The molecule has 2 aromatic rings. The Hall–Kier alpha value is -2.62. The van der Waals surface area contributed by atoms with Crippen LogP contribution < -0.4 is 14.2 Å². The number of likely N-dealkylation sites (N-methyl/N-ethyl adjacent to an activating group) is 2. The minimum absolute atomic E-state index is 0.00408. The fourth-order valence-electron chi connectivity index (χ4n) is 3.13. The third-order valence-electron chi connectivity index (χ3n) is 4.80. The van der Waals surface area contributed by atoms with Crippen molar-refractivity contribution in [1.82, 2.24) is 9.80 Å². The molecule has 0 aromatic heterocycles. The highest BCUT2D eigenvalue weighted by atomic mass is 79.9. The summed E-state index contributed by atoms with van der Waals surface area (Å²) in [4.78, 5) is 27.5. The zero-order valence-electron chi connectivity index (χ0n) is 16.5. The quantitative estimate of drug-likeness (QED) is 0.343. The molecule has 0 saturated carbocycles. The number of amides is 2. The summed E-state index contributed by atoms with van der Waals surface area (Å²) in [5.41, 5.74) is 1.45. The number of halogens is 2. The van der Waals surface area contributed by atoms with Gasteiger partial charge in [0.25, 0.3) is 11.8 Å². The molecule has 31 heavy (non-hydrogen) atoms. The van der Waals surface area contributed by atoms with E-state index in [0.29, 0.717) is 32.3 Å². The number of ether oxygens (including phenoxy) is 3. The van der Waals surface area contributed by atoms with Crippen LogP contribution in [-0.4, -0.2) is 47.6 Å². The average Bonchev–Trinajstić information content (AvgIpc) is 3.21. The van der Waals surface area contributed by atoms with Crippen molar-refractivity contribution in [2.75, 3.05) is 20.9 Å². The van der Waals surface area contributed by atoms with Gasteiger partial charge in [-0.2, -0.15) is 0 Å². The second kappa shape index (κ2) is 8.49. The number of fused-ring (bicyclic) bond motifs is 1. The van der Waals surface area contributed by atoms with E-state index in [2.05, 4.69) is 15.9 Å². The van der Waals surface area contributed by atoms with Crippen LogP contribution >= 0.6 is 39.7 Å². The van der Waals surface area contributed by atoms with E-state index < -0.39 is 11.8 Å². The molecule has 0 spiro atoms. The van der Waals surface area contributed by atoms with E-state index in [0.717, 1.165) is 5.56 Å². The van der Waals surface area contributed by atoms with E-state index in [9.17, 15) is 9.59 Å². The lowest BCUT2D eigenvalue weighted by Gasteiger charge is -2.31. The highest BCUT2D eigenvalue weighted by Crippen LogP contribution is 2.37. The molecule has 0 aliphatic carbocycles. The molecule has 0 unspecified atom stereocenters. The zero-order valence-corrected chi connectivity index (χ0v) is 19.6. The van der Waals surface area contributed by atoms with Gasteiger partial charge in [-0.05, 0) is 69.6 Å². The lowest BCUT2D eigenvalue weighted by atomic mass is 10.1. The van der Waals surface area contributed by atoms with E-state index in [1.165, 1.54) is 30.0 Å². The van der Waals surface area contributed by atoms with Gasteiger partial charge in [0.15, 0.2) is 22.4 Å². The molecular weight excluding hydrogens is 508 g/mol. The maximum Gasteiger partial charge on any atom is 0.265 e. The summed E-state index contributed by atoms with van der Waals surface area (Å²) >= 11 is 15.0. The Labute approximate surface area is 197 Å². The molecule has 10 heteroatoms. The molecular formula is C21H16BrClN2O5S. The summed E-state index contributed by atoms with van der Waals surface area (Å²) in [6.45, 7) is 0.468. The van der Waals surface area contributed by atoms with Gasteiger partial charge < -0.3 is 14.2 Å². The fourth-order valence-corrected chi connectivity index (χ4v) is 4.28. The van der Waals surface area contributed by atoms with Crippen molar-refractivity contribution in [2.45, 2.75) is 6.61 Å². The van der Waals surface area contributed by atoms with Crippen LogP contribution in [0.15, 0.2) is 40.4 Å². The number of carbonyl (C=O) groups excluding carboxylic acids is 2. The molecule has 2 aliphatic rings. The van der Waals surface area contributed by atoms with Crippen LogP contribution in [0.3, 0.4) is 0 Å². The van der Waals surface area contributed by atoms with Crippen molar-refractivity contribution in [3.05, 3.63) is 56.5 Å². The number of hydrogen-bond donors (Lipinski definition) is 0. The highest BCUT2D eigenvalue weighted by Gasteiger charge is 2.35. The first-order valence-corrected chi connectivity index (χ1v) is 10.7. The second-order valence-electron chi connectivity index (χ2n) is 6.86. The fraction of sp³-hybridized carbons (Fsp3) is 0.190. The molecule has 4 rings (SSSR count). The number of carbonyl (C=O) groups is 2. The Bertz CT molecular complexity index is 1100. The van der Waals surface area contributed by atoms with Gasteiger partial charge in [0.2, 0.25) is 6.79 Å². The molecule has 0 N–H and O–H groups in total. The van der Waals surface area contributed by atoms with Gasteiger partial charge in [-0.3, -0.25) is 19.4 Å². The molecule has 2 aromatic carbocycles. The molecule has 2 heterocycles. The summed E-state index contributed by atoms with van der Waals surface area (Å²) in [5.74, 6) is 0.874. The van der Waals surface area contributed by atoms with Crippen molar-refractivity contribution in [1.29, 1.82) is 0 Å². The van der Waals surface area contributed by atoms with Crippen LogP contribution in [0.2, 0.25) is 5.02 Å². The molecule has 160 valence electrons. The van der Waals surface area contributed by atoms with Gasteiger partial charge in [0, 0.05) is 14.1 Å². The molecule has 0 radical (unpaired) electrons. The summed E-state index contributed by atoms with van der Waals surface area (Å²) in [5, 5.41) is 0.480. The molecule has 2 aliphatic heterocycles. The summed E-state index contributed by atoms with van der Waals surface area (Å²) in [7, 11) is 3.05. The van der Waals surface area contributed by atoms with Gasteiger partial charge in [-0.15, -0.1) is 0 Å². The third-order valence-corrected chi connectivity index (χ3v) is 6.21. The Kier molecular flexibility index (Phi) is 5.92. The first-order chi connectivity index (χ1) is 14.8. The van der Waals surface area contributed by atoms with Crippen LogP contribution in [0.1, 0.15) is 11.1 Å². The van der Waals surface area contributed by atoms with E-state index in [1.807, 2.05) is 18.2 Å². The highest BCUT2D eigenvalue weighted by molar-refractivity contribution is 9.10. The number of rotatable bonds is 4. The third kappa shape index (κ3) is 4.13. The minimum atomic E-state index is -0.469. The Morgan fingerprint density at radius 1 is 1.13 bits per heavy atom. The van der Waals surface area contributed by atoms with E-state index in [1.54, 1.807) is 12.1 Å². The maximum atomic E-state index is 12.5. The van der Waals surface area contributed by atoms with Crippen LogP contribution in [0.25, 0.3) is 6.08 Å². The van der Waals surface area contributed by atoms with Gasteiger partial charge in [-0.25, -0.2) is 0 Å². The van der Waals surface area contributed by atoms with Gasteiger partial charge in [0.1, 0.15) is 12.2 Å². The monoisotopic (exact) mass is 522 g/mol. The van der Waals surface area contributed by atoms with Crippen molar-refractivity contribution < 1.29 is 23.8 Å². The standard InChI is InChI=1S/C21H16BrClN2O5S/c1-24-19(26)13(20(27)25(2)21(24)31)5-12-6-14(22)18(15(23)7-12)28-9-11-3-4-16-17(8-11)30-10-29-16/h3-8H,9-10H2,1-2H3. The van der Waals surface area contributed by atoms with Crippen LogP contribution in [-0.2, 0) is 16.2 Å². The Morgan fingerprint density at radius 3 is 2.48 bits per heavy atom. The van der Waals surface area contributed by atoms with E-state index >= 15 is 0 Å². The van der Waals surface area contributed by atoms with Crippen LogP contribution in [0.4, 0.5) is 0 Å². The number of hydrogen-bond acceptors (Lipinski definition) is 6. The normalized spacial score (nSPS) is 15.6. The largest absolute Gasteiger partial charge is 0.486 e. The summed E-state index contributed by atoms with van der Waals surface area (Å²) in [6, 6.07) is 8.90. The van der Waals surface area contributed by atoms with E-state index in [-0.39, 0.29) is 24.1 Å². The van der Waals surface area contributed by atoms with Crippen LogP contribution in [0.5, 0.6) is 17.2 Å². The van der Waals surface area contributed by atoms with Crippen molar-refractivity contribution >= 4 is 62.8 Å². The number of benzene rings is 2. The molecule has 0 atom stereocenters. The first kappa shape index (κ1) is 21.6. The average molecular weight is 524 g/mol. The smallest absolute Gasteiger partial charge is 0.265 e. The molecule has 1 saturated heterocycles. The van der Waals surface area contributed by atoms with Crippen molar-refractivity contribution in [3.63, 3.8) is 0 Å². The summed E-state index contributed by atoms with van der Waals surface area (Å²) < 4.78 is 17.2. The molecule has 1 fully saturated rings. The molecule has 0 bridgehead atoms. The van der Waals surface area contributed by atoms with Crippen molar-refractivity contribution in [3.8, 4) is 17.2 Å². The first-order valence-electron chi connectivity index (χ1n) is 9.08. The minimum Gasteiger partial charge on any atom is -0.486 e. The van der Waals surface area contributed by atoms with Crippen molar-refractivity contribution in [2.24, 2.45) is 0 Å². The molecule has 7 nitrogen and oxygen atoms in total. The number of thiocarbonyl (C=S) groups is 1. The second-order valence-corrected chi connectivity index (χ2v) is 8.49. The predicted octanol–water partition coefficient (Wildman–Crippen LogP) is 4.01. The Morgan fingerprint density at radius 2 is 1.81 bits per heavy atom. The lowest BCUT2D eigenvalue weighted by Crippen LogP contribution is -2.52. The van der Waals surface area contributed by atoms with E-state index in [4.69, 9.17) is 38.0 Å². The topological polar surface area (TPSA) is 68.3 Å². The number of nitrogens with zero attached hydrogens (tertiary/aromatic N) is 2. The Balaban J connectivity index is 1.56. The maximum absolute atomic E-state index is 12.5. The van der Waals surface area contributed by atoms with Gasteiger partial charge >= 0.3 is 0 Å². The lowest BCUT2D eigenvalue weighted by molar-refractivity contribution is -0.132. The van der Waals surface area contributed by atoms with Gasteiger partial charge in [-0.1, -0.05) is 17.7 Å². The molecule has 2 amide bonds.